The van der Waals surface area contributed by atoms with Gasteiger partial charge in [0.25, 0.3) is 0 Å². The lowest BCUT2D eigenvalue weighted by molar-refractivity contribution is -0.158. The lowest BCUT2D eigenvalue weighted by Crippen LogP contribution is -2.60. The van der Waals surface area contributed by atoms with Crippen LogP contribution < -0.4 is 5.32 Å². The summed E-state index contributed by atoms with van der Waals surface area (Å²) in [4.78, 5) is 50.0. The Morgan fingerprint density at radius 2 is 1.90 bits per heavy atom. The second-order valence-corrected chi connectivity index (χ2v) is 7.94. The number of rotatable bonds is 6. The van der Waals surface area contributed by atoms with Crippen LogP contribution in [0.4, 0.5) is 0 Å². The van der Waals surface area contributed by atoms with Gasteiger partial charge in [-0.2, -0.15) is 5.10 Å². The summed E-state index contributed by atoms with van der Waals surface area (Å²) in [6.45, 7) is 2.99. The van der Waals surface area contributed by atoms with Gasteiger partial charge in [-0.15, -0.1) is 0 Å². The molecule has 1 aliphatic heterocycles. The molecule has 2 heterocycles. The highest BCUT2D eigenvalue weighted by Gasteiger charge is 2.48. The minimum atomic E-state index is -1.55. The van der Waals surface area contributed by atoms with E-state index in [1.807, 2.05) is 36.4 Å². The average Bonchev–Trinajstić information content (AvgIpc) is 3.04. The van der Waals surface area contributed by atoms with Gasteiger partial charge in [-0.3, -0.25) is 23.9 Å². The van der Waals surface area contributed by atoms with E-state index in [-0.39, 0.29) is 13.0 Å². The maximum Gasteiger partial charge on any atom is 0.322 e. The van der Waals surface area contributed by atoms with Crippen molar-refractivity contribution >= 4 is 23.6 Å². The van der Waals surface area contributed by atoms with Gasteiger partial charge >= 0.3 is 5.97 Å². The number of aryl methyl sites for hydroxylation is 1. The van der Waals surface area contributed by atoms with Gasteiger partial charge in [0.2, 0.25) is 11.8 Å². The second kappa shape index (κ2) is 8.10. The smallest absolute Gasteiger partial charge is 0.322 e. The van der Waals surface area contributed by atoms with Crippen molar-refractivity contribution in [3.63, 3.8) is 0 Å². The Morgan fingerprint density at radius 1 is 1.23 bits per heavy atom. The zero-order chi connectivity index (χ0) is 22.1. The van der Waals surface area contributed by atoms with Crippen molar-refractivity contribution in [1.82, 2.24) is 20.0 Å². The number of piperidine rings is 1. The van der Waals surface area contributed by atoms with Crippen molar-refractivity contribution in [2.24, 2.45) is 13.0 Å². The van der Waals surface area contributed by atoms with Gasteiger partial charge in [0.1, 0.15) is 6.54 Å². The normalized spacial score (nSPS) is 18.4. The summed E-state index contributed by atoms with van der Waals surface area (Å²) in [5.74, 6) is -4.85. The number of benzene rings is 1. The SMILES string of the molecule is Cn1nc(CN2C(=O)C(C(=O)NCC(=O)O)C(=O)CC2(C)C)cc1-c1ccccc1. The third kappa shape index (κ3) is 4.24. The largest absolute Gasteiger partial charge is 0.480 e. The first-order chi connectivity index (χ1) is 14.1. The Bertz CT molecular complexity index is 996. The molecule has 0 bridgehead atoms. The van der Waals surface area contributed by atoms with Crippen molar-refractivity contribution in [3.8, 4) is 11.3 Å². The van der Waals surface area contributed by atoms with Gasteiger partial charge in [0.05, 0.1) is 17.9 Å². The Morgan fingerprint density at radius 3 is 2.53 bits per heavy atom. The van der Waals surface area contributed by atoms with Crippen LogP contribution in [-0.4, -0.2) is 55.4 Å². The number of Topliss-reactive ketones (excluding diaryl/α,β-unsaturated/α-hetero) is 1. The number of amides is 2. The summed E-state index contributed by atoms with van der Waals surface area (Å²) in [5.41, 5.74) is 1.67. The van der Waals surface area contributed by atoms with Crippen LogP contribution in [0, 0.1) is 5.92 Å². The van der Waals surface area contributed by atoms with Crippen LogP contribution in [-0.2, 0) is 32.8 Å². The van der Waals surface area contributed by atoms with Crippen LogP contribution in [0.15, 0.2) is 36.4 Å². The maximum absolute atomic E-state index is 13.1. The number of aliphatic carboxylic acids is 1. The number of hydrogen-bond acceptors (Lipinski definition) is 5. The number of carboxylic acids is 1. The van der Waals surface area contributed by atoms with Crippen molar-refractivity contribution < 1.29 is 24.3 Å². The van der Waals surface area contributed by atoms with Crippen LogP contribution >= 0.6 is 0 Å². The molecule has 0 aliphatic carbocycles. The molecule has 0 saturated carbocycles. The highest BCUT2D eigenvalue weighted by atomic mass is 16.4. The van der Waals surface area contributed by atoms with E-state index in [0.29, 0.717) is 5.69 Å². The van der Waals surface area contributed by atoms with E-state index in [1.165, 1.54) is 4.90 Å². The fourth-order valence-electron chi connectivity index (χ4n) is 3.68. The number of likely N-dealkylation sites (tertiary alicyclic amines) is 1. The molecule has 1 atom stereocenters. The molecule has 2 amide bonds. The summed E-state index contributed by atoms with van der Waals surface area (Å²) in [5, 5.41) is 15.4. The van der Waals surface area contributed by atoms with Gasteiger partial charge < -0.3 is 15.3 Å². The molecule has 1 fully saturated rings. The monoisotopic (exact) mass is 412 g/mol. The molecule has 1 aromatic heterocycles. The van der Waals surface area contributed by atoms with E-state index in [0.717, 1.165) is 11.3 Å². The third-order valence-electron chi connectivity index (χ3n) is 5.17. The van der Waals surface area contributed by atoms with E-state index in [1.54, 1.807) is 25.6 Å². The molecule has 1 unspecified atom stereocenters. The maximum atomic E-state index is 13.1. The summed E-state index contributed by atoms with van der Waals surface area (Å²) >= 11 is 0. The van der Waals surface area contributed by atoms with Gasteiger partial charge in [0.15, 0.2) is 11.7 Å². The first-order valence-electron chi connectivity index (χ1n) is 9.52. The molecule has 3 rings (SSSR count). The van der Waals surface area contributed by atoms with Crippen molar-refractivity contribution in [2.75, 3.05) is 6.54 Å². The fourth-order valence-corrected chi connectivity index (χ4v) is 3.68. The Labute approximate surface area is 173 Å². The first kappa shape index (κ1) is 21.2. The molecule has 0 spiro atoms. The number of carbonyl (C=O) groups is 4. The molecular weight excluding hydrogens is 388 g/mol. The summed E-state index contributed by atoms with van der Waals surface area (Å²) in [6.07, 6.45) is -0.0116. The van der Waals surface area contributed by atoms with Crippen molar-refractivity contribution in [3.05, 3.63) is 42.1 Å². The third-order valence-corrected chi connectivity index (χ3v) is 5.17. The van der Waals surface area contributed by atoms with Gasteiger partial charge in [0, 0.05) is 19.0 Å². The number of carbonyl (C=O) groups excluding carboxylic acids is 3. The van der Waals surface area contributed by atoms with E-state index in [9.17, 15) is 19.2 Å². The van der Waals surface area contributed by atoms with Gasteiger partial charge in [-0.1, -0.05) is 30.3 Å². The molecule has 1 aromatic carbocycles. The zero-order valence-corrected chi connectivity index (χ0v) is 17.1. The van der Waals surface area contributed by atoms with Crippen LogP contribution in [0.5, 0.6) is 0 Å². The standard InChI is InChI=1S/C21H24N4O5/c1-21(2)10-16(26)18(19(29)22-11-17(27)28)20(30)25(21)12-14-9-15(24(3)23-14)13-7-5-4-6-8-13/h4-9,18H,10-12H2,1-3H3,(H,22,29)(H,27,28). The van der Waals surface area contributed by atoms with Crippen molar-refractivity contribution in [2.45, 2.75) is 32.4 Å². The number of ketones is 1. The van der Waals surface area contributed by atoms with Crippen LogP contribution in [0.1, 0.15) is 26.0 Å². The highest BCUT2D eigenvalue weighted by molar-refractivity contribution is 6.20. The molecule has 2 N–H and O–H groups in total. The molecule has 0 radical (unpaired) electrons. The van der Waals surface area contributed by atoms with Gasteiger partial charge in [-0.05, 0) is 25.5 Å². The minimum Gasteiger partial charge on any atom is -0.480 e. The van der Waals surface area contributed by atoms with Gasteiger partial charge in [-0.25, -0.2) is 0 Å². The zero-order valence-electron chi connectivity index (χ0n) is 17.1. The number of hydrogen-bond donors (Lipinski definition) is 2. The molecule has 1 saturated heterocycles. The van der Waals surface area contributed by atoms with Crippen LogP contribution in [0.3, 0.4) is 0 Å². The predicted molar refractivity (Wildman–Crippen MR) is 107 cm³/mol. The van der Waals surface area contributed by atoms with E-state index in [4.69, 9.17) is 5.11 Å². The van der Waals surface area contributed by atoms with E-state index in [2.05, 4.69) is 10.4 Å². The molecule has 9 heteroatoms. The Hall–Kier alpha value is -3.49. The number of nitrogens with one attached hydrogen (secondary N) is 1. The predicted octanol–water partition coefficient (Wildman–Crippen LogP) is 0.984. The van der Waals surface area contributed by atoms with Crippen LogP contribution in [0.25, 0.3) is 11.3 Å². The lowest BCUT2D eigenvalue weighted by atomic mass is 9.82. The van der Waals surface area contributed by atoms with E-state index < -0.39 is 41.6 Å². The van der Waals surface area contributed by atoms with Crippen LogP contribution in [0.2, 0.25) is 0 Å². The van der Waals surface area contributed by atoms with E-state index >= 15 is 0 Å². The Kier molecular flexibility index (Phi) is 5.73. The molecule has 30 heavy (non-hydrogen) atoms. The first-order valence-corrected chi connectivity index (χ1v) is 9.52. The minimum absolute atomic E-state index is 0.0116. The average molecular weight is 412 g/mol. The number of carboxylic acid groups (broad SMARTS) is 1. The fraction of sp³-hybridized carbons (Fsp3) is 0.381. The highest BCUT2D eigenvalue weighted by Crippen LogP contribution is 2.31. The molecular formula is C21H24N4O5. The Balaban J connectivity index is 1.85. The van der Waals surface area contributed by atoms with Crippen molar-refractivity contribution in [1.29, 1.82) is 0 Å². The summed E-state index contributed by atoms with van der Waals surface area (Å²) in [7, 11) is 1.81. The summed E-state index contributed by atoms with van der Waals surface area (Å²) < 4.78 is 1.72. The number of aromatic nitrogens is 2. The lowest BCUT2D eigenvalue weighted by Gasteiger charge is -2.43. The molecule has 2 aromatic rings. The number of nitrogens with zero attached hydrogens (tertiary/aromatic N) is 3. The topological polar surface area (TPSA) is 122 Å². The summed E-state index contributed by atoms with van der Waals surface area (Å²) in [6, 6.07) is 11.5. The quantitative estimate of drug-likeness (QED) is 0.683. The molecule has 158 valence electrons. The second-order valence-electron chi connectivity index (χ2n) is 7.94. The molecule has 9 nitrogen and oxygen atoms in total. The molecule has 1 aliphatic rings.